The number of rotatable bonds is 7. The predicted octanol–water partition coefficient (Wildman–Crippen LogP) is 4.99. The van der Waals surface area contributed by atoms with E-state index in [1.807, 2.05) is 37.3 Å². The third-order valence-electron chi connectivity index (χ3n) is 8.71. The largest absolute Gasteiger partial charge is 0.493 e. The van der Waals surface area contributed by atoms with E-state index in [2.05, 4.69) is 42.2 Å². The van der Waals surface area contributed by atoms with Gasteiger partial charge in [-0.2, -0.15) is 0 Å². The summed E-state index contributed by atoms with van der Waals surface area (Å²) < 4.78 is 16.5. The van der Waals surface area contributed by atoms with Gasteiger partial charge in [0.2, 0.25) is 11.7 Å². The van der Waals surface area contributed by atoms with Crippen LogP contribution in [0, 0.1) is 0 Å². The molecule has 0 saturated carbocycles. The van der Waals surface area contributed by atoms with Crippen LogP contribution in [0.5, 0.6) is 17.2 Å². The minimum Gasteiger partial charge on any atom is -0.493 e. The molecule has 4 aromatic rings. The van der Waals surface area contributed by atoms with E-state index in [4.69, 9.17) is 14.2 Å². The van der Waals surface area contributed by atoms with Crippen molar-refractivity contribution in [2.24, 2.45) is 0 Å². The van der Waals surface area contributed by atoms with Crippen LogP contribution in [0.3, 0.4) is 0 Å². The van der Waals surface area contributed by atoms with E-state index in [1.165, 1.54) is 5.56 Å². The number of hydrogen-bond donors (Lipinski definition) is 1. The van der Waals surface area contributed by atoms with E-state index in [-0.39, 0.29) is 30.8 Å². The molecule has 8 heteroatoms. The number of hydrogen-bond acceptors (Lipinski definition) is 5. The first kappa shape index (κ1) is 26.7. The summed E-state index contributed by atoms with van der Waals surface area (Å²) in [6.45, 7) is 4.66. The van der Waals surface area contributed by atoms with E-state index >= 15 is 0 Å². The molecule has 3 heterocycles. The van der Waals surface area contributed by atoms with Crippen molar-refractivity contribution < 1.29 is 23.8 Å². The molecule has 1 fully saturated rings. The fourth-order valence-electron chi connectivity index (χ4n) is 6.54. The second-order valence-corrected chi connectivity index (χ2v) is 10.9. The molecule has 2 atom stereocenters. The van der Waals surface area contributed by atoms with Gasteiger partial charge >= 0.3 is 0 Å². The van der Waals surface area contributed by atoms with Gasteiger partial charge in [0.1, 0.15) is 6.54 Å². The van der Waals surface area contributed by atoms with Crippen LogP contribution in [0.25, 0.3) is 10.9 Å². The Hall–Kier alpha value is -4.46. The highest BCUT2D eigenvalue weighted by Gasteiger charge is 2.56. The molecule has 0 radical (unpaired) electrons. The van der Waals surface area contributed by atoms with E-state index in [0.717, 1.165) is 39.7 Å². The zero-order valence-corrected chi connectivity index (χ0v) is 24.1. The van der Waals surface area contributed by atoms with Crippen molar-refractivity contribution in [2.75, 3.05) is 34.4 Å². The summed E-state index contributed by atoms with van der Waals surface area (Å²) in [6.07, 6.45) is 0.961. The molecule has 0 spiro atoms. The van der Waals surface area contributed by atoms with Crippen molar-refractivity contribution in [3.8, 4) is 17.2 Å². The number of amides is 2. The molecule has 212 valence electrons. The molecular formula is C33H35N3O5. The van der Waals surface area contributed by atoms with E-state index in [1.54, 1.807) is 31.1 Å². The Balaban J connectivity index is 1.44. The molecule has 0 aliphatic carbocycles. The molecule has 1 aromatic heterocycles. The molecule has 41 heavy (non-hydrogen) atoms. The number of nitrogens with one attached hydrogen (secondary N) is 1. The number of fused-ring (bicyclic) bond motifs is 5. The molecule has 2 aliphatic rings. The van der Waals surface area contributed by atoms with Gasteiger partial charge < -0.3 is 29.0 Å². The fraction of sp³-hybridized carbons (Fsp3) is 0.333. The molecule has 8 nitrogen and oxygen atoms in total. The van der Waals surface area contributed by atoms with Crippen molar-refractivity contribution in [1.82, 2.24) is 14.8 Å². The zero-order chi connectivity index (χ0) is 28.9. The summed E-state index contributed by atoms with van der Waals surface area (Å²) in [5.74, 6) is 1.21. The molecule has 0 bridgehead atoms. The summed E-state index contributed by atoms with van der Waals surface area (Å²) in [7, 11) is 4.66. The maximum Gasteiger partial charge on any atom is 0.255 e. The summed E-state index contributed by atoms with van der Waals surface area (Å²) in [6, 6.07) is 20.4. The molecule has 6 rings (SSSR count). The van der Waals surface area contributed by atoms with Gasteiger partial charge in [-0.25, -0.2) is 0 Å². The lowest BCUT2D eigenvalue weighted by Gasteiger charge is -2.51. The Labute approximate surface area is 239 Å². The van der Waals surface area contributed by atoms with Crippen LogP contribution in [-0.4, -0.2) is 61.0 Å². The summed E-state index contributed by atoms with van der Waals surface area (Å²) in [4.78, 5) is 35.3. The van der Waals surface area contributed by atoms with Crippen LogP contribution in [-0.2, 0) is 28.1 Å². The van der Waals surface area contributed by atoms with Crippen molar-refractivity contribution in [3.63, 3.8) is 0 Å². The van der Waals surface area contributed by atoms with Crippen molar-refractivity contribution in [2.45, 2.75) is 38.3 Å². The van der Waals surface area contributed by atoms with Crippen LogP contribution >= 0.6 is 0 Å². The van der Waals surface area contributed by atoms with Gasteiger partial charge in [-0.05, 0) is 53.8 Å². The number of aromatic amines is 1. The van der Waals surface area contributed by atoms with Gasteiger partial charge in [-0.15, -0.1) is 0 Å². The standard InChI is InChI=1S/C33H35N3O5/c1-6-20-11-13-22(14-12-20)24-18-36-28(37)19-35(17-21-15-26(39-3)30(41-5)27(16-21)40-4)32(38)33(36,2)31-29(24)23-9-7-8-10-25(23)34-31/h7-16,24,34H,6,17-19H2,1-5H3/t24?,33-/m0/s1. The van der Waals surface area contributed by atoms with Crippen LogP contribution in [0.4, 0.5) is 0 Å². The van der Waals surface area contributed by atoms with E-state index in [0.29, 0.717) is 23.8 Å². The Morgan fingerprint density at radius 1 is 0.927 bits per heavy atom. The quantitative estimate of drug-likeness (QED) is 0.349. The minimum absolute atomic E-state index is 0.0118. The topological polar surface area (TPSA) is 84.1 Å². The molecule has 1 saturated heterocycles. The number of ether oxygens (including phenoxy) is 3. The maximum atomic E-state index is 14.5. The Bertz CT molecular complexity index is 1620. The number of piperazine rings is 1. The summed E-state index contributed by atoms with van der Waals surface area (Å²) >= 11 is 0. The highest BCUT2D eigenvalue weighted by atomic mass is 16.5. The zero-order valence-electron chi connectivity index (χ0n) is 24.1. The molecule has 2 amide bonds. The van der Waals surface area contributed by atoms with Crippen molar-refractivity contribution >= 4 is 22.7 Å². The number of aryl methyl sites for hydroxylation is 1. The number of H-pyrrole nitrogens is 1. The first-order chi connectivity index (χ1) is 19.8. The molecule has 1 unspecified atom stereocenters. The monoisotopic (exact) mass is 553 g/mol. The number of aromatic nitrogens is 1. The third-order valence-corrected chi connectivity index (χ3v) is 8.71. The summed E-state index contributed by atoms with van der Waals surface area (Å²) in [5.41, 5.74) is 4.82. The van der Waals surface area contributed by atoms with Gasteiger partial charge in [0, 0.05) is 29.9 Å². The van der Waals surface area contributed by atoms with Gasteiger partial charge in [0.05, 0.1) is 27.0 Å². The van der Waals surface area contributed by atoms with Gasteiger partial charge in [0.25, 0.3) is 5.91 Å². The third kappa shape index (κ3) is 4.12. The number of para-hydroxylation sites is 1. The number of carbonyl (C=O) groups excluding carboxylic acids is 2. The van der Waals surface area contributed by atoms with Crippen LogP contribution in [0.15, 0.2) is 60.7 Å². The average Bonchev–Trinajstić information content (AvgIpc) is 3.40. The first-order valence-electron chi connectivity index (χ1n) is 13.9. The van der Waals surface area contributed by atoms with E-state index < -0.39 is 5.54 Å². The fourth-order valence-corrected chi connectivity index (χ4v) is 6.54. The molecule has 2 aliphatic heterocycles. The number of nitrogens with zero attached hydrogens (tertiary/aromatic N) is 2. The van der Waals surface area contributed by atoms with Crippen LogP contribution in [0.1, 0.15) is 47.7 Å². The SMILES string of the molecule is CCc1ccc(C2CN3C(=O)CN(Cc4cc(OC)c(OC)c(OC)c4)C(=O)[C@]3(C)c3[nH]c4ccccc4c32)cc1. The van der Waals surface area contributed by atoms with Crippen molar-refractivity contribution in [1.29, 1.82) is 0 Å². The maximum absolute atomic E-state index is 14.5. The summed E-state index contributed by atoms with van der Waals surface area (Å²) in [5, 5.41) is 1.08. The smallest absolute Gasteiger partial charge is 0.255 e. The van der Waals surface area contributed by atoms with Crippen LogP contribution in [0.2, 0.25) is 0 Å². The van der Waals surface area contributed by atoms with Gasteiger partial charge in [-0.1, -0.05) is 49.4 Å². The second kappa shape index (κ2) is 10.2. The lowest BCUT2D eigenvalue weighted by molar-refractivity contribution is -0.166. The lowest BCUT2D eigenvalue weighted by Crippen LogP contribution is -2.67. The highest BCUT2D eigenvalue weighted by molar-refractivity contribution is 6.01. The molecular weight excluding hydrogens is 518 g/mol. The molecule has 3 aromatic carbocycles. The highest BCUT2D eigenvalue weighted by Crippen LogP contribution is 2.48. The lowest BCUT2D eigenvalue weighted by atomic mass is 9.76. The number of carbonyl (C=O) groups is 2. The minimum atomic E-state index is -1.18. The van der Waals surface area contributed by atoms with Crippen molar-refractivity contribution in [3.05, 3.63) is 88.6 Å². The van der Waals surface area contributed by atoms with Gasteiger partial charge in [0.15, 0.2) is 17.0 Å². The van der Waals surface area contributed by atoms with Crippen LogP contribution < -0.4 is 14.2 Å². The Morgan fingerprint density at radius 3 is 2.24 bits per heavy atom. The Kier molecular flexibility index (Phi) is 6.64. The normalized spacial score (nSPS) is 20.2. The molecule has 1 N–H and O–H groups in total. The van der Waals surface area contributed by atoms with Gasteiger partial charge in [-0.3, -0.25) is 9.59 Å². The first-order valence-corrected chi connectivity index (χ1v) is 13.9. The average molecular weight is 554 g/mol. The number of benzene rings is 3. The number of methoxy groups -OCH3 is 3. The Morgan fingerprint density at radius 2 is 1.61 bits per heavy atom. The predicted molar refractivity (Wildman–Crippen MR) is 157 cm³/mol. The van der Waals surface area contributed by atoms with E-state index in [9.17, 15) is 9.59 Å². The second-order valence-electron chi connectivity index (χ2n) is 10.9.